The summed E-state index contributed by atoms with van der Waals surface area (Å²) in [6, 6.07) is 1.21. The van der Waals surface area contributed by atoms with Crippen LogP contribution in [0.5, 0.6) is 0 Å². The van der Waals surface area contributed by atoms with Crippen molar-refractivity contribution < 1.29 is 5.11 Å². The Labute approximate surface area is 91.9 Å². The van der Waals surface area contributed by atoms with Gasteiger partial charge in [0.15, 0.2) is 0 Å². The predicted octanol–water partition coefficient (Wildman–Crippen LogP) is 1.88. The van der Waals surface area contributed by atoms with Crippen LogP contribution in [0, 0.1) is 5.92 Å². The van der Waals surface area contributed by atoms with Crippen molar-refractivity contribution in [2.45, 2.75) is 44.7 Å². The maximum absolute atomic E-state index is 8.94. The summed E-state index contributed by atoms with van der Waals surface area (Å²) in [6.07, 6.45) is 7.02. The lowest BCUT2D eigenvalue weighted by Crippen LogP contribution is -2.39. The molecule has 2 N–H and O–H groups in total. The second-order valence-electron chi connectivity index (χ2n) is 4.45. The Morgan fingerprint density at radius 2 is 2.29 bits per heavy atom. The van der Waals surface area contributed by atoms with Gasteiger partial charge in [0, 0.05) is 24.4 Å². The van der Waals surface area contributed by atoms with Crippen LogP contribution in [0.25, 0.3) is 0 Å². The molecule has 0 aliphatic heterocycles. The van der Waals surface area contributed by atoms with Crippen molar-refractivity contribution in [1.29, 1.82) is 0 Å². The van der Waals surface area contributed by atoms with Crippen LogP contribution in [-0.4, -0.2) is 35.8 Å². The van der Waals surface area contributed by atoms with Crippen molar-refractivity contribution in [2.75, 3.05) is 18.6 Å². The molecular formula is C11H23NOS. The normalized spacial score (nSPS) is 29.4. The Kier molecular flexibility index (Phi) is 5.90. The van der Waals surface area contributed by atoms with E-state index in [0.717, 1.165) is 18.1 Å². The van der Waals surface area contributed by atoms with Crippen LogP contribution in [0.2, 0.25) is 0 Å². The van der Waals surface area contributed by atoms with Crippen molar-refractivity contribution >= 4 is 11.8 Å². The van der Waals surface area contributed by atoms with Crippen LogP contribution in [0.4, 0.5) is 0 Å². The molecule has 14 heavy (non-hydrogen) atoms. The smallest absolute Gasteiger partial charge is 0.0446 e. The fraction of sp³-hybridized carbons (Fsp3) is 1.00. The first-order valence-corrected chi connectivity index (χ1v) is 7.01. The third-order valence-corrected chi connectivity index (χ3v) is 3.75. The van der Waals surface area contributed by atoms with Crippen LogP contribution < -0.4 is 5.32 Å². The Balaban J connectivity index is 2.24. The van der Waals surface area contributed by atoms with Crippen molar-refractivity contribution in [3.05, 3.63) is 0 Å². The van der Waals surface area contributed by atoms with E-state index >= 15 is 0 Å². The van der Waals surface area contributed by atoms with Crippen LogP contribution in [0.3, 0.4) is 0 Å². The largest absolute Gasteiger partial charge is 0.396 e. The Morgan fingerprint density at radius 1 is 1.50 bits per heavy atom. The minimum atomic E-state index is 0.306. The van der Waals surface area contributed by atoms with Crippen LogP contribution in [0.15, 0.2) is 0 Å². The van der Waals surface area contributed by atoms with Gasteiger partial charge in [-0.25, -0.2) is 0 Å². The Hall–Kier alpha value is 0.270. The zero-order chi connectivity index (χ0) is 10.4. The molecule has 0 saturated heterocycles. The number of hydrogen-bond donors (Lipinski definition) is 2. The molecule has 0 bridgehead atoms. The minimum Gasteiger partial charge on any atom is -0.396 e. The molecule has 3 unspecified atom stereocenters. The molecule has 0 radical (unpaired) electrons. The molecule has 1 aliphatic carbocycles. The number of nitrogens with one attached hydrogen (secondary N) is 1. The summed E-state index contributed by atoms with van der Waals surface area (Å²) in [7, 11) is 0. The Bertz CT molecular complexity index is 148. The molecule has 0 aromatic rings. The van der Waals surface area contributed by atoms with Crippen LogP contribution >= 0.6 is 11.8 Å². The molecule has 0 heterocycles. The fourth-order valence-corrected chi connectivity index (χ4v) is 2.93. The highest BCUT2D eigenvalue weighted by molar-refractivity contribution is 7.98. The van der Waals surface area contributed by atoms with Crippen molar-refractivity contribution in [1.82, 2.24) is 5.32 Å². The van der Waals surface area contributed by atoms with E-state index in [0.29, 0.717) is 18.7 Å². The molecule has 2 nitrogen and oxygen atoms in total. The maximum Gasteiger partial charge on any atom is 0.0446 e. The van der Waals surface area contributed by atoms with E-state index in [1.165, 1.54) is 19.3 Å². The quantitative estimate of drug-likeness (QED) is 0.712. The number of rotatable bonds is 6. The monoisotopic (exact) mass is 217 g/mol. The molecule has 1 fully saturated rings. The molecular weight excluding hydrogens is 194 g/mol. The third-order valence-electron chi connectivity index (χ3n) is 3.01. The summed E-state index contributed by atoms with van der Waals surface area (Å²) in [5.41, 5.74) is 0. The van der Waals surface area contributed by atoms with Gasteiger partial charge in [0.05, 0.1) is 0 Å². The number of aliphatic hydroxyl groups excluding tert-OH is 1. The first-order valence-electron chi connectivity index (χ1n) is 5.62. The van der Waals surface area contributed by atoms with Gasteiger partial charge >= 0.3 is 0 Å². The van der Waals surface area contributed by atoms with E-state index in [4.69, 9.17) is 5.11 Å². The van der Waals surface area contributed by atoms with Gasteiger partial charge < -0.3 is 10.4 Å². The average molecular weight is 217 g/mol. The topological polar surface area (TPSA) is 32.3 Å². The number of aliphatic hydroxyl groups is 1. The highest BCUT2D eigenvalue weighted by atomic mass is 32.2. The molecule has 1 saturated carbocycles. The molecule has 84 valence electrons. The lowest BCUT2D eigenvalue weighted by molar-refractivity contribution is 0.264. The third kappa shape index (κ3) is 4.20. The summed E-state index contributed by atoms with van der Waals surface area (Å²) in [5.74, 6) is 2.00. The van der Waals surface area contributed by atoms with Crippen molar-refractivity contribution in [2.24, 2.45) is 5.92 Å². The molecule has 0 amide bonds. The lowest BCUT2D eigenvalue weighted by atomic mass is 10.1. The molecule has 1 rings (SSSR count). The molecule has 0 aromatic carbocycles. The first-order chi connectivity index (χ1) is 6.76. The fourth-order valence-electron chi connectivity index (χ4n) is 2.26. The average Bonchev–Trinajstić information content (AvgIpc) is 2.52. The van der Waals surface area contributed by atoms with Gasteiger partial charge in [0.2, 0.25) is 0 Å². The summed E-state index contributed by atoms with van der Waals surface area (Å²) in [5, 5.41) is 12.6. The van der Waals surface area contributed by atoms with Crippen LogP contribution in [0.1, 0.15) is 32.6 Å². The molecule has 0 aromatic heterocycles. The minimum absolute atomic E-state index is 0.306. The molecule has 0 spiro atoms. The highest BCUT2D eigenvalue weighted by Crippen LogP contribution is 2.25. The summed E-state index contributed by atoms with van der Waals surface area (Å²) >= 11 is 1.86. The molecule has 1 aliphatic rings. The van der Waals surface area contributed by atoms with E-state index < -0.39 is 0 Å². The van der Waals surface area contributed by atoms with Crippen molar-refractivity contribution in [3.8, 4) is 0 Å². The van der Waals surface area contributed by atoms with Gasteiger partial charge in [-0.3, -0.25) is 0 Å². The van der Waals surface area contributed by atoms with Gasteiger partial charge in [-0.15, -0.1) is 0 Å². The highest BCUT2D eigenvalue weighted by Gasteiger charge is 2.23. The van der Waals surface area contributed by atoms with Gasteiger partial charge in [-0.05, 0) is 37.9 Å². The standard InChI is InChI=1S/C11H23NOS/c1-9-3-4-10(7-9)12-11(5-6-13)8-14-2/h9-13H,3-8H2,1-2H3. The SMILES string of the molecule is CSCC(CCO)NC1CCC(C)C1. The van der Waals surface area contributed by atoms with Gasteiger partial charge in [-0.1, -0.05) is 6.92 Å². The van der Waals surface area contributed by atoms with E-state index in [1.54, 1.807) is 0 Å². The second-order valence-corrected chi connectivity index (χ2v) is 5.36. The van der Waals surface area contributed by atoms with Gasteiger partial charge in [0.1, 0.15) is 0 Å². The van der Waals surface area contributed by atoms with Gasteiger partial charge in [0.25, 0.3) is 0 Å². The zero-order valence-electron chi connectivity index (χ0n) is 9.33. The van der Waals surface area contributed by atoms with E-state index in [9.17, 15) is 0 Å². The van der Waals surface area contributed by atoms with E-state index in [-0.39, 0.29) is 0 Å². The van der Waals surface area contributed by atoms with Gasteiger partial charge in [-0.2, -0.15) is 11.8 Å². The second kappa shape index (κ2) is 6.70. The van der Waals surface area contributed by atoms with E-state index in [1.807, 2.05) is 11.8 Å². The lowest BCUT2D eigenvalue weighted by Gasteiger charge is -2.21. The summed E-state index contributed by atoms with van der Waals surface area (Å²) in [4.78, 5) is 0. The van der Waals surface area contributed by atoms with E-state index in [2.05, 4.69) is 18.5 Å². The van der Waals surface area contributed by atoms with Crippen molar-refractivity contribution in [3.63, 3.8) is 0 Å². The number of hydrogen-bond acceptors (Lipinski definition) is 3. The molecule has 3 heteroatoms. The first kappa shape index (κ1) is 12.3. The maximum atomic E-state index is 8.94. The predicted molar refractivity (Wildman–Crippen MR) is 63.8 cm³/mol. The summed E-state index contributed by atoms with van der Waals surface area (Å²) in [6.45, 7) is 2.64. The number of thioether (sulfide) groups is 1. The zero-order valence-corrected chi connectivity index (χ0v) is 10.1. The molecule has 3 atom stereocenters. The Morgan fingerprint density at radius 3 is 2.79 bits per heavy atom. The van der Waals surface area contributed by atoms with Crippen LogP contribution in [-0.2, 0) is 0 Å². The summed E-state index contributed by atoms with van der Waals surface area (Å²) < 4.78 is 0.